The van der Waals surface area contributed by atoms with Crippen LogP contribution in [0.5, 0.6) is 0 Å². The zero-order valence-corrected chi connectivity index (χ0v) is 11.0. The molecule has 0 aromatic heterocycles. The first kappa shape index (κ1) is 12.3. The van der Waals surface area contributed by atoms with Crippen molar-refractivity contribution in [3.8, 4) is 0 Å². The van der Waals surface area contributed by atoms with Crippen molar-refractivity contribution in [3.05, 3.63) is 70.2 Å². The van der Waals surface area contributed by atoms with Gasteiger partial charge in [-0.3, -0.25) is 11.3 Å². The molecule has 2 rings (SSSR count). The zero-order chi connectivity index (χ0) is 12.1. The van der Waals surface area contributed by atoms with E-state index in [1.165, 1.54) is 11.1 Å². The van der Waals surface area contributed by atoms with Gasteiger partial charge in [0.2, 0.25) is 0 Å². The molecule has 0 aliphatic rings. The second kappa shape index (κ2) is 5.96. The van der Waals surface area contributed by atoms with Crippen LogP contribution in [-0.2, 0) is 6.42 Å². The second-order valence-corrected chi connectivity index (χ2v) is 4.88. The van der Waals surface area contributed by atoms with Crippen molar-refractivity contribution in [2.24, 2.45) is 5.84 Å². The number of hydrogen-bond donors (Lipinski definition) is 2. The van der Waals surface area contributed by atoms with E-state index in [9.17, 15) is 0 Å². The smallest absolute Gasteiger partial charge is 0.0500 e. The summed E-state index contributed by atoms with van der Waals surface area (Å²) in [6, 6.07) is 18.7. The molecule has 1 unspecified atom stereocenters. The van der Waals surface area contributed by atoms with E-state index in [2.05, 4.69) is 45.6 Å². The Bertz CT molecular complexity index is 453. The summed E-state index contributed by atoms with van der Waals surface area (Å²) in [7, 11) is 0. The lowest BCUT2D eigenvalue weighted by Gasteiger charge is -2.16. The monoisotopic (exact) mass is 290 g/mol. The highest BCUT2D eigenvalue weighted by Crippen LogP contribution is 2.19. The fourth-order valence-corrected chi connectivity index (χ4v) is 2.08. The van der Waals surface area contributed by atoms with Crippen LogP contribution in [0.1, 0.15) is 17.2 Å². The molecule has 17 heavy (non-hydrogen) atoms. The van der Waals surface area contributed by atoms with E-state index in [0.717, 1.165) is 10.9 Å². The van der Waals surface area contributed by atoms with E-state index in [4.69, 9.17) is 5.84 Å². The first-order chi connectivity index (χ1) is 8.29. The largest absolute Gasteiger partial charge is 0.271 e. The van der Waals surface area contributed by atoms with Crippen LogP contribution in [0.4, 0.5) is 0 Å². The van der Waals surface area contributed by atoms with Crippen LogP contribution in [0, 0.1) is 0 Å². The lowest BCUT2D eigenvalue weighted by atomic mass is 10.00. The van der Waals surface area contributed by atoms with Gasteiger partial charge in [-0.15, -0.1) is 0 Å². The Morgan fingerprint density at radius 1 is 1.00 bits per heavy atom. The van der Waals surface area contributed by atoms with Crippen molar-refractivity contribution in [3.63, 3.8) is 0 Å². The Kier molecular flexibility index (Phi) is 4.31. The van der Waals surface area contributed by atoms with Gasteiger partial charge < -0.3 is 0 Å². The number of rotatable bonds is 4. The highest BCUT2D eigenvalue weighted by atomic mass is 79.9. The minimum atomic E-state index is 0.144. The molecule has 2 nitrogen and oxygen atoms in total. The summed E-state index contributed by atoms with van der Waals surface area (Å²) >= 11 is 3.43. The Morgan fingerprint density at radius 2 is 1.65 bits per heavy atom. The number of nitrogens with two attached hydrogens (primary N) is 1. The van der Waals surface area contributed by atoms with Gasteiger partial charge in [-0.2, -0.15) is 0 Å². The predicted molar refractivity (Wildman–Crippen MR) is 74.4 cm³/mol. The maximum Gasteiger partial charge on any atom is 0.0500 e. The highest BCUT2D eigenvalue weighted by molar-refractivity contribution is 9.10. The summed E-state index contributed by atoms with van der Waals surface area (Å²) in [4.78, 5) is 0. The van der Waals surface area contributed by atoms with Gasteiger partial charge in [-0.25, -0.2) is 0 Å². The van der Waals surface area contributed by atoms with Gasteiger partial charge in [-0.1, -0.05) is 58.4 Å². The molecular formula is C14H15BrN2. The molecular weight excluding hydrogens is 276 g/mol. The molecule has 2 aromatic carbocycles. The van der Waals surface area contributed by atoms with Crippen molar-refractivity contribution in [2.75, 3.05) is 0 Å². The maximum absolute atomic E-state index is 5.63. The van der Waals surface area contributed by atoms with Gasteiger partial charge in [0.25, 0.3) is 0 Å². The van der Waals surface area contributed by atoms with Crippen LogP contribution in [-0.4, -0.2) is 0 Å². The molecule has 0 spiro atoms. The van der Waals surface area contributed by atoms with Gasteiger partial charge in [-0.05, 0) is 29.7 Å². The first-order valence-corrected chi connectivity index (χ1v) is 6.34. The van der Waals surface area contributed by atoms with Crippen molar-refractivity contribution >= 4 is 15.9 Å². The fourth-order valence-electron chi connectivity index (χ4n) is 1.82. The van der Waals surface area contributed by atoms with Crippen LogP contribution in [0.25, 0.3) is 0 Å². The normalized spacial score (nSPS) is 12.4. The number of hydrogen-bond acceptors (Lipinski definition) is 2. The quantitative estimate of drug-likeness (QED) is 0.670. The maximum atomic E-state index is 5.63. The molecule has 3 heteroatoms. The third-order valence-corrected chi connectivity index (χ3v) is 3.28. The average Bonchev–Trinajstić information content (AvgIpc) is 2.38. The Labute approximate surface area is 110 Å². The van der Waals surface area contributed by atoms with Crippen LogP contribution in [0.2, 0.25) is 0 Å². The van der Waals surface area contributed by atoms with Crippen molar-refractivity contribution in [2.45, 2.75) is 12.5 Å². The molecule has 2 aromatic rings. The van der Waals surface area contributed by atoms with Crippen LogP contribution in [0.3, 0.4) is 0 Å². The van der Waals surface area contributed by atoms with Crippen LogP contribution < -0.4 is 11.3 Å². The third-order valence-electron chi connectivity index (χ3n) is 2.76. The molecule has 0 aliphatic heterocycles. The van der Waals surface area contributed by atoms with Gasteiger partial charge in [0, 0.05) is 10.5 Å². The summed E-state index contributed by atoms with van der Waals surface area (Å²) in [6.45, 7) is 0. The summed E-state index contributed by atoms with van der Waals surface area (Å²) in [5.41, 5.74) is 5.34. The SMILES string of the molecule is NNC(Cc1ccccc1)c1ccc(Br)cc1. The van der Waals surface area contributed by atoms with E-state index < -0.39 is 0 Å². The molecule has 0 saturated carbocycles. The van der Waals surface area contributed by atoms with Crippen molar-refractivity contribution in [1.82, 2.24) is 5.43 Å². The van der Waals surface area contributed by atoms with Gasteiger partial charge >= 0.3 is 0 Å². The van der Waals surface area contributed by atoms with Gasteiger partial charge in [0.1, 0.15) is 0 Å². The van der Waals surface area contributed by atoms with E-state index in [1.807, 2.05) is 30.3 Å². The summed E-state index contributed by atoms with van der Waals surface area (Å²) in [5.74, 6) is 5.63. The van der Waals surface area contributed by atoms with Gasteiger partial charge in [0.05, 0.1) is 0 Å². The summed E-state index contributed by atoms with van der Waals surface area (Å²) in [5, 5.41) is 0. The van der Waals surface area contributed by atoms with Gasteiger partial charge in [0.15, 0.2) is 0 Å². The lowest BCUT2D eigenvalue weighted by molar-refractivity contribution is 0.552. The zero-order valence-electron chi connectivity index (χ0n) is 9.44. The minimum Gasteiger partial charge on any atom is -0.271 e. The molecule has 0 heterocycles. The topological polar surface area (TPSA) is 38.0 Å². The molecule has 0 fully saturated rings. The Hall–Kier alpha value is -1.16. The number of nitrogens with one attached hydrogen (secondary N) is 1. The predicted octanol–water partition coefficient (Wildman–Crippen LogP) is 3.20. The number of halogens is 1. The Balaban J connectivity index is 2.14. The number of benzene rings is 2. The molecule has 0 radical (unpaired) electrons. The average molecular weight is 291 g/mol. The Morgan fingerprint density at radius 3 is 2.24 bits per heavy atom. The first-order valence-electron chi connectivity index (χ1n) is 5.55. The van der Waals surface area contributed by atoms with E-state index in [0.29, 0.717) is 0 Å². The van der Waals surface area contributed by atoms with E-state index >= 15 is 0 Å². The standard InChI is InChI=1S/C14H15BrN2/c15-13-8-6-12(7-9-13)14(17-16)10-11-4-2-1-3-5-11/h1-9,14,17H,10,16H2. The fraction of sp³-hybridized carbons (Fsp3) is 0.143. The molecule has 3 N–H and O–H groups in total. The third kappa shape index (κ3) is 3.40. The van der Waals surface area contributed by atoms with E-state index in [1.54, 1.807) is 0 Å². The number of hydrazine groups is 1. The summed E-state index contributed by atoms with van der Waals surface area (Å²) < 4.78 is 1.08. The van der Waals surface area contributed by atoms with Crippen LogP contribution in [0.15, 0.2) is 59.1 Å². The molecule has 0 aliphatic carbocycles. The molecule has 0 saturated heterocycles. The van der Waals surface area contributed by atoms with E-state index in [-0.39, 0.29) is 6.04 Å². The van der Waals surface area contributed by atoms with Crippen molar-refractivity contribution < 1.29 is 0 Å². The lowest BCUT2D eigenvalue weighted by Crippen LogP contribution is -2.29. The van der Waals surface area contributed by atoms with Crippen molar-refractivity contribution in [1.29, 1.82) is 0 Å². The second-order valence-electron chi connectivity index (χ2n) is 3.96. The molecule has 0 bridgehead atoms. The summed E-state index contributed by atoms with van der Waals surface area (Å²) in [6.07, 6.45) is 0.888. The molecule has 0 amide bonds. The molecule has 1 atom stereocenters. The minimum absolute atomic E-state index is 0.144. The highest BCUT2D eigenvalue weighted by Gasteiger charge is 2.09. The van der Waals surface area contributed by atoms with Crippen LogP contribution >= 0.6 is 15.9 Å². The molecule has 88 valence electrons.